The predicted molar refractivity (Wildman–Crippen MR) is 77.9 cm³/mol. The van der Waals surface area contributed by atoms with Crippen molar-refractivity contribution in [1.82, 2.24) is 4.98 Å². The Balaban J connectivity index is 2.06. The maximum atomic E-state index is 12.0. The fourth-order valence-corrected chi connectivity index (χ4v) is 2.24. The Hall–Kier alpha value is -2.47. The van der Waals surface area contributed by atoms with Gasteiger partial charge in [-0.05, 0) is 31.2 Å². The van der Waals surface area contributed by atoms with Crippen molar-refractivity contribution in [3.8, 4) is 0 Å². The van der Waals surface area contributed by atoms with Crippen LogP contribution < -0.4 is 5.32 Å². The fourth-order valence-electron chi connectivity index (χ4n) is 1.46. The van der Waals surface area contributed by atoms with Crippen LogP contribution in [0.2, 0.25) is 0 Å². The van der Waals surface area contributed by atoms with Crippen LogP contribution in [-0.4, -0.2) is 22.0 Å². The summed E-state index contributed by atoms with van der Waals surface area (Å²) in [5, 5.41) is 12.9. The first-order valence-corrected chi connectivity index (χ1v) is 6.66. The normalized spacial score (nSPS) is 10.7. The minimum Gasteiger partial charge on any atom is -0.478 e. The van der Waals surface area contributed by atoms with Crippen molar-refractivity contribution in [3.05, 3.63) is 52.0 Å². The lowest BCUT2D eigenvalue weighted by atomic mass is 10.2. The number of nitrogens with one attached hydrogen (secondary N) is 1. The molecule has 0 aliphatic heterocycles. The molecule has 0 aromatic carbocycles. The molecule has 0 saturated carbocycles. The number of aliphatic carboxylic acids is 1. The lowest BCUT2D eigenvalue weighted by molar-refractivity contribution is -0.131. The van der Waals surface area contributed by atoms with Crippen LogP contribution in [0.1, 0.15) is 20.9 Å². The maximum Gasteiger partial charge on any atom is 0.328 e. The first kappa shape index (κ1) is 14.0. The molecule has 0 aliphatic rings. The Kier molecular flexibility index (Phi) is 4.27. The summed E-state index contributed by atoms with van der Waals surface area (Å²) < 4.78 is 0. The van der Waals surface area contributed by atoms with Crippen LogP contribution in [0, 0.1) is 6.92 Å². The van der Waals surface area contributed by atoms with Gasteiger partial charge in [0.2, 0.25) is 0 Å². The Labute approximate surface area is 119 Å². The van der Waals surface area contributed by atoms with Crippen LogP contribution in [0.25, 0.3) is 6.08 Å². The number of nitrogens with zero attached hydrogens (tertiary/aromatic N) is 1. The number of rotatable bonds is 4. The van der Waals surface area contributed by atoms with Gasteiger partial charge >= 0.3 is 5.97 Å². The molecule has 20 heavy (non-hydrogen) atoms. The molecular formula is C14H12N2O3S. The second kappa shape index (κ2) is 6.12. The van der Waals surface area contributed by atoms with Crippen LogP contribution in [0.5, 0.6) is 0 Å². The molecule has 102 valence electrons. The minimum atomic E-state index is -1.02. The van der Waals surface area contributed by atoms with Gasteiger partial charge in [-0.1, -0.05) is 0 Å². The second-order valence-corrected chi connectivity index (χ2v) is 4.99. The standard InChI is InChI=1S/C14H12N2O3S/c1-9-2-3-11(7-15-9)16-14(19)10-6-12(20-8-10)4-5-13(17)18/h2-8H,1H3,(H,16,19)(H,17,18)/b5-4+. The van der Waals surface area contributed by atoms with Gasteiger partial charge in [0.05, 0.1) is 17.4 Å². The number of carbonyl (C=O) groups excluding carboxylic acids is 1. The molecule has 1 amide bonds. The first-order chi connectivity index (χ1) is 9.54. The summed E-state index contributed by atoms with van der Waals surface area (Å²) in [6.07, 6.45) is 4.08. The van der Waals surface area contributed by atoms with Crippen molar-refractivity contribution in [1.29, 1.82) is 0 Å². The summed E-state index contributed by atoms with van der Waals surface area (Å²) in [5.74, 6) is -1.27. The lowest BCUT2D eigenvalue weighted by Gasteiger charge is -2.02. The Morgan fingerprint density at radius 3 is 2.85 bits per heavy atom. The van der Waals surface area contributed by atoms with Gasteiger partial charge in [-0.2, -0.15) is 0 Å². The van der Waals surface area contributed by atoms with E-state index < -0.39 is 5.97 Å². The van der Waals surface area contributed by atoms with Crippen LogP contribution in [0.3, 0.4) is 0 Å². The number of pyridine rings is 1. The highest BCUT2D eigenvalue weighted by atomic mass is 32.1. The van der Waals surface area contributed by atoms with E-state index in [2.05, 4.69) is 10.3 Å². The highest BCUT2D eigenvalue weighted by Crippen LogP contribution is 2.17. The molecule has 0 spiro atoms. The van der Waals surface area contributed by atoms with Gasteiger partial charge in [-0.15, -0.1) is 11.3 Å². The van der Waals surface area contributed by atoms with E-state index in [4.69, 9.17) is 5.11 Å². The molecule has 0 atom stereocenters. The molecular weight excluding hydrogens is 276 g/mol. The number of hydrogen-bond donors (Lipinski definition) is 2. The molecule has 2 N–H and O–H groups in total. The molecule has 0 radical (unpaired) electrons. The number of carboxylic acid groups (broad SMARTS) is 1. The zero-order valence-electron chi connectivity index (χ0n) is 10.7. The molecule has 0 aliphatic carbocycles. The summed E-state index contributed by atoms with van der Waals surface area (Å²) in [4.78, 5) is 27.2. The van der Waals surface area contributed by atoms with E-state index in [1.807, 2.05) is 13.0 Å². The molecule has 6 heteroatoms. The van der Waals surface area contributed by atoms with Gasteiger partial charge in [0.15, 0.2) is 0 Å². The van der Waals surface area contributed by atoms with Crippen molar-refractivity contribution in [2.45, 2.75) is 6.92 Å². The SMILES string of the molecule is Cc1ccc(NC(=O)c2csc(/C=C/C(=O)O)c2)cn1. The van der Waals surface area contributed by atoms with E-state index in [1.54, 1.807) is 23.7 Å². The third-order valence-electron chi connectivity index (χ3n) is 2.44. The van der Waals surface area contributed by atoms with Crippen LogP contribution in [0.4, 0.5) is 5.69 Å². The van der Waals surface area contributed by atoms with Gasteiger partial charge in [-0.25, -0.2) is 4.79 Å². The molecule has 0 bridgehead atoms. The van der Waals surface area contributed by atoms with Crippen LogP contribution in [-0.2, 0) is 4.79 Å². The summed E-state index contributed by atoms with van der Waals surface area (Å²) in [5.41, 5.74) is 1.98. The lowest BCUT2D eigenvalue weighted by Crippen LogP contribution is -2.10. The zero-order chi connectivity index (χ0) is 14.5. The van der Waals surface area contributed by atoms with E-state index in [0.29, 0.717) is 16.1 Å². The number of thiophene rings is 1. The van der Waals surface area contributed by atoms with E-state index >= 15 is 0 Å². The van der Waals surface area contributed by atoms with Crippen molar-refractivity contribution in [2.24, 2.45) is 0 Å². The van der Waals surface area contributed by atoms with E-state index in [1.165, 1.54) is 17.4 Å². The molecule has 2 rings (SSSR count). The highest BCUT2D eigenvalue weighted by Gasteiger charge is 2.08. The smallest absolute Gasteiger partial charge is 0.328 e. The van der Waals surface area contributed by atoms with Gasteiger partial charge in [0.25, 0.3) is 5.91 Å². The van der Waals surface area contributed by atoms with Crippen molar-refractivity contribution in [3.63, 3.8) is 0 Å². The molecule has 2 aromatic heterocycles. The largest absolute Gasteiger partial charge is 0.478 e. The molecule has 2 heterocycles. The summed E-state index contributed by atoms with van der Waals surface area (Å²) in [7, 11) is 0. The number of amides is 1. The van der Waals surface area contributed by atoms with Gasteiger partial charge < -0.3 is 10.4 Å². The second-order valence-electron chi connectivity index (χ2n) is 4.05. The Morgan fingerprint density at radius 1 is 1.40 bits per heavy atom. The minimum absolute atomic E-state index is 0.248. The van der Waals surface area contributed by atoms with Gasteiger partial charge in [0.1, 0.15) is 0 Å². The van der Waals surface area contributed by atoms with Crippen molar-refractivity contribution < 1.29 is 14.7 Å². The number of carboxylic acids is 1. The summed E-state index contributed by atoms with van der Waals surface area (Å²) in [6, 6.07) is 5.23. The van der Waals surface area contributed by atoms with Crippen molar-refractivity contribution >= 4 is 35.0 Å². The number of aryl methyl sites for hydroxylation is 1. The molecule has 0 unspecified atom stereocenters. The van der Waals surface area contributed by atoms with Crippen molar-refractivity contribution in [2.75, 3.05) is 5.32 Å². The zero-order valence-corrected chi connectivity index (χ0v) is 11.5. The third kappa shape index (κ3) is 3.76. The summed E-state index contributed by atoms with van der Waals surface area (Å²) in [6.45, 7) is 1.87. The van der Waals surface area contributed by atoms with E-state index in [-0.39, 0.29) is 5.91 Å². The third-order valence-corrected chi connectivity index (χ3v) is 3.34. The molecule has 2 aromatic rings. The topological polar surface area (TPSA) is 79.3 Å². The van der Waals surface area contributed by atoms with Gasteiger partial charge in [0, 0.05) is 22.0 Å². The Bertz CT molecular complexity index is 659. The number of hydrogen-bond acceptors (Lipinski definition) is 4. The van der Waals surface area contributed by atoms with Gasteiger partial charge in [-0.3, -0.25) is 9.78 Å². The molecule has 0 saturated heterocycles. The fraction of sp³-hybridized carbons (Fsp3) is 0.0714. The van der Waals surface area contributed by atoms with Crippen LogP contribution >= 0.6 is 11.3 Å². The highest BCUT2D eigenvalue weighted by molar-refractivity contribution is 7.11. The monoisotopic (exact) mass is 288 g/mol. The number of carbonyl (C=O) groups is 2. The predicted octanol–water partition coefficient (Wildman–Crippen LogP) is 2.80. The van der Waals surface area contributed by atoms with E-state index in [0.717, 1.165) is 11.8 Å². The Morgan fingerprint density at radius 2 is 2.20 bits per heavy atom. The molecule has 5 nitrogen and oxygen atoms in total. The average molecular weight is 288 g/mol. The van der Waals surface area contributed by atoms with E-state index in [9.17, 15) is 9.59 Å². The quantitative estimate of drug-likeness (QED) is 0.848. The summed E-state index contributed by atoms with van der Waals surface area (Å²) >= 11 is 1.31. The number of aromatic nitrogens is 1. The molecule has 0 fully saturated rings. The average Bonchev–Trinajstić information content (AvgIpc) is 2.88. The maximum absolute atomic E-state index is 12.0. The van der Waals surface area contributed by atoms with Crippen LogP contribution in [0.15, 0.2) is 35.9 Å². The number of anilines is 1. The first-order valence-electron chi connectivity index (χ1n) is 5.78.